The van der Waals surface area contributed by atoms with Gasteiger partial charge in [0.05, 0.1) is 0 Å². The molecule has 0 unspecified atom stereocenters. The third-order valence-corrected chi connectivity index (χ3v) is 1.49. The molecule has 1 aliphatic rings. The van der Waals surface area contributed by atoms with Gasteiger partial charge in [-0.2, -0.15) is 0 Å². The van der Waals surface area contributed by atoms with Crippen molar-refractivity contribution in [1.82, 2.24) is 0 Å². The average molecular weight is 184 g/mol. The minimum atomic E-state index is 0.953. The Morgan fingerprint density at radius 3 is 2.20 bits per heavy atom. The molecule has 0 aromatic rings. The SMILES string of the molecule is [Te]=C1CCO1. The van der Waals surface area contributed by atoms with Crippen molar-refractivity contribution >= 4 is 25.6 Å². The fraction of sp³-hybridized carbons (Fsp3) is 0.667. The van der Waals surface area contributed by atoms with Crippen molar-refractivity contribution in [3.05, 3.63) is 0 Å². The van der Waals surface area contributed by atoms with E-state index in [2.05, 4.69) is 0 Å². The summed E-state index contributed by atoms with van der Waals surface area (Å²) in [7, 11) is 0. The van der Waals surface area contributed by atoms with E-state index in [4.69, 9.17) is 4.74 Å². The molecule has 0 radical (unpaired) electrons. The molecule has 0 N–H and O–H groups in total. The van der Waals surface area contributed by atoms with Crippen LogP contribution in [0.5, 0.6) is 0 Å². The van der Waals surface area contributed by atoms with Crippen LogP contribution in [0, 0.1) is 0 Å². The average Bonchev–Trinajstić information content (AvgIpc) is 1.30. The van der Waals surface area contributed by atoms with Gasteiger partial charge in [-0.15, -0.1) is 0 Å². The molecule has 0 bridgehead atoms. The Bertz CT molecular complexity index is 53.9. The van der Waals surface area contributed by atoms with Gasteiger partial charge >= 0.3 is 43.3 Å². The van der Waals surface area contributed by atoms with Gasteiger partial charge in [-0.05, 0) is 0 Å². The Balaban J connectivity index is 2.32. The molecule has 1 rings (SSSR count). The van der Waals surface area contributed by atoms with Crippen molar-refractivity contribution in [3.8, 4) is 0 Å². The molecule has 1 aliphatic heterocycles. The molecular formula is C3H4OTe. The van der Waals surface area contributed by atoms with Crippen LogP contribution in [-0.2, 0) is 4.74 Å². The molecule has 0 amide bonds. The van der Waals surface area contributed by atoms with E-state index < -0.39 is 0 Å². The molecule has 0 aromatic heterocycles. The van der Waals surface area contributed by atoms with Crippen molar-refractivity contribution in [2.75, 3.05) is 6.61 Å². The van der Waals surface area contributed by atoms with Gasteiger partial charge in [-0.3, -0.25) is 0 Å². The van der Waals surface area contributed by atoms with E-state index in [1.165, 1.54) is 10.2 Å². The second-order valence-corrected chi connectivity index (χ2v) is 2.27. The maximum atomic E-state index is 4.85. The van der Waals surface area contributed by atoms with E-state index >= 15 is 0 Å². The standard InChI is InChI=1S/C3H4OTe/c5-3-1-2-4-3/h1-2H2. The van der Waals surface area contributed by atoms with E-state index in [0.29, 0.717) is 0 Å². The van der Waals surface area contributed by atoms with Crippen LogP contribution in [0.4, 0.5) is 0 Å². The molecule has 28 valence electrons. The Labute approximate surface area is 43.7 Å². The monoisotopic (exact) mass is 186 g/mol. The topological polar surface area (TPSA) is 9.23 Å². The molecule has 1 saturated heterocycles. The number of ether oxygens (including phenoxy) is 1. The summed E-state index contributed by atoms with van der Waals surface area (Å²) >= 11 is 1.94. The van der Waals surface area contributed by atoms with Crippen molar-refractivity contribution in [2.45, 2.75) is 6.42 Å². The van der Waals surface area contributed by atoms with E-state index in [9.17, 15) is 0 Å². The number of rotatable bonds is 0. The van der Waals surface area contributed by atoms with Crippen molar-refractivity contribution in [1.29, 1.82) is 0 Å². The van der Waals surface area contributed by atoms with Crippen LogP contribution in [0.1, 0.15) is 6.42 Å². The molecule has 0 spiro atoms. The van der Waals surface area contributed by atoms with Gasteiger partial charge in [-0.1, -0.05) is 0 Å². The van der Waals surface area contributed by atoms with Gasteiger partial charge in [0.1, 0.15) is 0 Å². The van der Waals surface area contributed by atoms with Gasteiger partial charge in [0, 0.05) is 0 Å². The summed E-state index contributed by atoms with van der Waals surface area (Å²) in [5, 5.41) is 0. The van der Waals surface area contributed by atoms with Gasteiger partial charge in [0.2, 0.25) is 0 Å². The molecule has 2 heteroatoms. The van der Waals surface area contributed by atoms with E-state index in [1.807, 2.05) is 21.8 Å². The van der Waals surface area contributed by atoms with E-state index in [-0.39, 0.29) is 0 Å². The Hall–Kier alpha value is 0.460. The third-order valence-electron chi connectivity index (χ3n) is 0.569. The summed E-state index contributed by atoms with van der Waals surface area (Å²) < 4.78 is 6.05. The van der Waals surface area contributed by atoms with Gasteiger partial charge in [0.25, 0.3) is 0 Å². The van der Waals surface area contributed by atoms with Crippen LogP contribution in [0.25, 0.3) is 0 Å². The predicted octanol–water partition coefficient (Wildman–Crippen LogP) is -0.295. The number of hydrogen-bond donors (Lipinski definition) is 0. The van der Waals surface area contributed by atoms with E-state index in [0.717, 1.165) is 6.61 Å². The summed E-state index contributed by atoms with van der Waals surface area (Å²) in [5.41, 5.74) is 0. The Morgan fingerprint density at radius 1 is 1.80 bits per heavy atom. The van der Waals surface area contributed by atoms with Crippen LogP contribution in [-0.4, -0.2) is 32.2 Å². The summed E-state index contributed by atoms with van der Waals surface area (Å²) in [6, 6.07) is 0. The zero-order valence-electron chi connectivity index (χ0n) is 2.73. The molecule has 1 heterocycles. The van der Waals surface area contributed by atoms with Crippen molar-refractivity contribution in [3.63, 3.8) is 0 Å². The van der Waals surface area contributed by atoms with E-state index in [1.54, 1.807) is 0 Å². The summed E-state index contributed by atoms with van der Waals surface area (Å²) in [4.78, 5) is 0. The summed E-state index contributed by atoms with van der Waals surface area (Å²) in [5.74, 6) is 0. The first-order valence-corrected chi connectivity index (χ1v) is 2.72. The molecule has 5 heavy (non-hydrogen) atoms. The molecule has 0 aliphatic carbocycles. The summed E-state index contributed by atoms with van der Waals surface area (Å²) in [6.45, 7) is 0.953. The maximum absolute atomic E-state index is 4.85. The zero-order valence-corrected chi connectivity index (χ0v) is 5.06. The van der Waals surface area contributed by atoms with Crippen molar-refractivity contribution < 1.29 is 4.74 Å². The Kier molecular flexibility index (Phi) is 0.932. The first-order valence-electron chi connectivity index (χ1n) is 1.55. The molecule has 0 atom stereocenters. The number of hydrogen-bond acceptors (Lipinski definition) is 1. The van der Waals surface area contributed by atoms with Crippen LogP contribution in [0.2, 0.25) is 0 Å². The quantitative estimate of drug-likeness (QED) is 0.469. The minimum absolute atomic E-state index is 0.953. The molecular weight excluding hydrogens is 180 g/mol. The van der Waals surface area contributed by atoms with Crippen LogP contribution < -0.4 is 0 Å². The van der Waals surface area contributed by atoms with Crippen LogP contribution in [0.15, 0.2) is 0 Å². The second-order valence-electron chi connectivity index (χ2n) is 0.970. The van der Waals surface area contributed by atoms with Gasteiger partial charge < -0.3 is 0 Å². The van der Waals surface area contributed by atoms with Crippen molar-refractivity contribution in [2.24, 2.45) is 0 Å². The Morgan fingerprint density at radius 2 is 2.20 bits per heavy atom. The van der Waals surface area contributed by atoms with Gasteiger partial charge in [-0.25, -0.2) is 0 Å². The first kappa shape index (κ1) is 3.64. The molecule has 0 saturated carbocycles. The molecule has 1 fully saturated rings. The summed E-state index contributed by atoms with van der Waals surface area (Å²) in [6.07, 6.45) is 1.18. The molecule has 1 nitrogen and oxygen atoms in total. The fourth-order valence-corrected chi connectivity index (χ4v) is 0.661. The molecule has 0 aromatic carbocycles. The first-order chi connectivity index (χ1) is 2.39. The predicted molar refractivity (Wildman–Crippen MR) is 21.3 cm³/mol. The second kappa shape index (κ2) is 1.28. The zero-order chi connectivity index (χ0) is 3.70. The van der Waals surface area contributed by atoms with Gasteiger partial charge in [0.15, 0.2) is 0 Å². The van der Waals surface area contributed by atoms with Crippen LogP contribution >= 0.6 is 0 Å². The fourth-order valence-electron chi connectivity index (χ4n) is 0.185. The third kappa shape index (κ3) is 0.647. The van der Waals surface area contributed by atoms with Crippen LogP contribution in [0.3, 0.4) is 0 Å². The normalized spacial score (nSPS) is 20.4.